The molecular weight excluding hydrogens is 484 g/mol. The third kappa shape index (κ3) is 3.42. The number of hydrogen-bond acceptors (Lipinski definition) is 9. The molecule has 5 aliphatic rings. The lowest BCUT2D eigenvalue weighted by atomic mass is 9.67. The maximum Gasteiger partial charge on any atom is 0.253 e. The topological polar surface area (TPSA) is 158 Å². The Morgan fingerprint density at radius 3 is 2.70 bits per heavy atom. The van der Waals surface area contributed by atoms with Crippen LogP contribution in [0, 0.1) is 11.8 Å². The molecule has 6 rings (SSSR count). The number of nitrogens with zero attached hydrogens (tertiary/aromatic N) is 1. The van der Waals surface area contributed by atoms with Gasteiger partial charge >= 0.3 is 0 Å². The molecule has 11 heteroatoms. The molecule has 37 heavy (non-hydrogen) atoms. The van der Waals surface area contributed by atoms with Gasteiger partial charge in [0.2, 0.25) is 12.2 Å². The van der Waals surface area contributed by atoms with Crippen molar-refractivity contribution in [1.82, 2.24) is 4.90 Å². The first-order valence-corrected chi connectivity index (χ1v) is 12.5. The van der Waals surface area contributed by atoms with Crippen LogP contribution < -0.4 is 5.32 Å². The summed E-state index contributed by atoms with van der Waals surface area (Å²) in [5, 5.41) is 43.1. The molecule has 3 saturated heterocycles. The van der Waals surface area contributed by atoms with Crippen LogP contribution in [-0.2, 0) is 29.2 Å². The van der Waals surface area contributed by atoms with Crippen molar-refractivity contribution >= 4 is 17.5 Å². The molecule has 5 N–H and O–H groups in total. The molecule has 0 saturated carbocycles. The number of para-hydroxylation sites is 1. The second-order valence-electron chi connectivity index (χ2n) is 10.3. The molecule has 1 aromatic carbocycles. The van der Waals surface area contributed by atoms with Gasteiger partial charge in [0, 0.05) is 24.1 Å². The molecule has 0 bridgehead atoms. The van der Waals surface area contributed by atoms with Gasteiger partial charge in [-0.05, 0) is 24.5 Å². The molecule has 0 aliphatic carbocycles. The molecule has 1 aromatic rings. The zero-order chi connectivity index (χ0) is 26.1. The van der Waals surface area contributed by atoms with Crippen molar-refractivity contribution in [1.29, 1.82) is 0 Å². The number of aliphatic hydroxyl groups is 4. The second kappa shape index (κ2) is 8.90. The van der Waals surface area contributed by atoms with E-state index in [0.717, 1.165) is 11.3 Å². The number of hydrogen-bond donors (Lipinski definition) is 5. The molecule has 5 aliphatic heterocycles. The Hall–Kier alpha value is -2.80. The average molecular weight is 515 g/mol. The SMILES string of the molecule is C=C[C@@H]1[C@@H](O[C@H]2O[C@@H](CO)[C@H](O)[C@@H](O)[C@@H]2O)OC=C2C(=O)N3CC[C@]4(C(=O)Nc5ccccc54)[C@@H]3C[C@@H]21. The largest absolute Gasteiger partial charge is 0.471 e. The number of ether oxygens (including phenoxy) is 3. The smallest absolute Gasteiger partial charge is 0.253 e. The predicted molar refractivity (Wildman–Crippen MR) is 126 cm³/mol. The number of aliphatic hydroxyl groups excluding tert-OH is 4. The van der Waals surface area contributed by atoms with Gasteiger partial charge in [-0.15, -0.1) is 6.58 Å². The van der Waals surface area contributed by atoms with Gasteiger partial charge < -0.3 is 44.9 Å². The minimum Gasteiger partial charge on any atom is -0.471 e. The normalized spacial score (nSPS) is 42.4. The van der Waals surface area contributed by atoms with Crippen molar-refractivity contribution in [2.45, 2.75) is 61.3 Å². The Labute approximate surface area is 212 Å². The van der Waals surface area contributed by atoms with Crippen LogP contribution >= 0.6 is 0 Å². The Morgan fingerprint density at radius 1 is 1.16 bits per heavy atom. The number of fused-ring (bicyclic) bond motifs is 5. The summed E-state index contributed by atoms with van der Waals surface area (Å²) in [6.45, 7) is 3.77. The lowest BCUT2D eigenvalue weighted by Gasteiger charge is -2.47. The quantitative estimate of drug-likeness (QED) is 0.330. The van der Waals surface area contributed by atoms with E-state index >= 15 is 0 Å². The number of amides is 2. The molecule has 3 fully saturated rings. The van der Waals surface area contributed by atoms with Gasteiger partial charge in [-0.1, -0.05) is 24.3 Å². The molecule has 0 aromatic heterocycles. The average Bonchev–Trinajstić information content (AvgIpc) is 3.43. The monoisotopic (exact) mass is 514 g/mol. The summed E-state index contributed by atoms with van der Waals surface area (Å²) in [7, 11) is 0. The van der Waals surface area contributed by atoms with E-state index in [0.29, 0.717) is 25.0 Å². The molecule has 11 nitrogen and oxygen atoms in total. The van der Waals surface area contributed by atoms with Crippen LogP contribution in [0.1, 0.15) is 18.4 Å². The first-order valence-electron chi connectivity index (χ1n) is 12.5. The van der Waals surface area contributed by atoms with Gasteiger partial charge in [0.25, 0.3) is 5.91 Å². The maximum atomic E-state index is 13.6. The highest BCUT2D eigenvalue weighted by atomic mass is 16.8. The van der Waals surface area contributed by atoms with Crippen LogP contribution in [0.25, 0.3) is 0 Å². The van der Waals surface area contributed by atoms with Crippen LogP contribution in [0.5, 0.6) is 0 Å². The maximum absolute atomic E-state index is 13.6. The van der Waals surface area contributed by atoms with Crippen LogP contribution in [0.2, 0.25) is 0 Å². The van der Waals surface area contributed by atoms with E-state index in [2.05, 4.69) is 11.9 Å². The van der Waals surface area contributed by atoms with E-state index in [1.54, 1.807) is 11.0 Å². The van der Waals surface area contributed by atoms with Gasteiger partial charge in [0.1, 0.15) is 24.4 Å². The predicted octanol–water partition coefficient (Wildman–Crippen LogP) is -0.644. The highest BCUT2D eigenvalue weighted by Crippen LogP contribution is 2.54. The van der Waals surface area contributed by atoms with E-state index in [1.165, 1.54) is 6.26 Å². The number of rotatable bonds is 4. The molecule has 0 unspecified atom stereocenters. The number of nitrogens with one attached hydrogen (secondary N) is 1. The summed E-state index contributed by atoms with van der Waals surface area (Å²) in [4.78, 5) is 28.7. The van der Waals surface area contributed by atoms with E-state index in [1.807, 2.05) is 24.3 Å². The summed E-state index contributed by atoms with van der Waals surface area (Å²) in [5.41, 5.74) is 1.26. The highest BCUT2D eigenvalue weighted by Gasteiger charge is 2.62. The minimum atomic E-state index is -1.60. The van der Waals surface area contributed by atoms with E-state index in [4.69, 9.17) is 14.2 Å². The van der Waals surface area contributed by atoms with Crippen LogP contribution in [0.3, 0.4) is 0 Å². The van der Waals surface area contributed by atoms with Gasteiger partial charge in [-0.2, -0.15) is 0 Å². The van der Waals surface area contributed by atoms with Crippen LogP contribution in [0.15, 0.2) is 48.8 Å². The Balaban J connectivity index is 1.29. The fourth-order valence-electron chi connectivity index (χ4n) is 6.70. The standard InChI is InChI=1S/C26H30N2O9/c1-2-12-13-9-18-26(15-5-3-4-6-16(15)27-25(26)34)7-8-28(18)22(33)14(13)11-35-23(12)37-24-21(32)20(31)19(30)17(10-29)36-24/h2-6,11-13,17-21,23-24,29-32H,1,7-10H2,(H,27,34)/t12-,13+,17-,18-,19-,20+,21-,23+,24+,26+/m0/s1. The van der Waals surface area contributed by atoms with Crippen molar-refractivity contribution < 1.29 is 44.2 Å². The Morgan fingerprint density at radius 2 is 1.95 bits per heavy atom. The lowest BCUT2D eigenvalue weighted by molar-refractivity contribution is -0.339. The fraction of sp³-hybridized carbons (Fsp3) is 0.538. The molecule has 0 radical (unpaired) electrons. The van der Waals surface area contributed by atoms with Gasteiger partial charge in [-0.3, -0.25) is 9.59 Å². The second-order valence-corrected chi connectivity index (χ2v) is 10.3. The fourth-order valence-corrected chi connectivity index (χ4v) is 6.70. The summed E-state index contributed by atoms with van der Waals surface area (Å²) >= 11 is 0. The molecule has 198 valence electrons. The summed E-state index contributed by atoms with van der Waals surface area (Å²) < 4.78 is 17.1. The first-order chi connectivity index (χ1) is 17.8. The molecule has 5 heterocycles. The van der Waals surface area contributed by atoms with Gasteiger partial charge in [0.15, 0.2) is 6.29 Å². The molecular formula is C26H30N2O9. The van der Waals surface area contributed by atoms with Crippen molar-refractivity contribution in [2.24, 2.45) is 11.8 Å². The summed E-state index contributed by atoms with van der Waals surface area (Å²) in [6, 6.07) is 7.19. The van der Waals surface area contributed by atoms with Gasteiger partial charge in [0.05, 0.1) is 29.9 Å². The summed E-state index contributed by atoms with van der Waals surface area (Å²) in [6.07, 6.45) is -4.35. The first kappa shape index (κ1) is 24.5. The van der Waals surface area contributed by atoms with E-state index in [-0.39, 0.29) is 23.8 Å². The number of carbonyl (C=O) groups excluding carboxylic acids is 2. The van der Waals surface area contributed by atoms with Crippen molar-refractivity contribution in [3.8, 4) is 0 Å². The number of piperidine rings is 1. The molecule has 10 atom stereocenters. The van der Waals surface area contributed by atoms with Crippen LogP contribution in [0.4, 0.5) is 5.69 Å². The third-order valence-electron chi connectivity index (χ3n) is 8.63. The highest BCUT2D eigenvalue weighted by molar-refractivity contribution is 6.08. The lowest BCUT2D eigenvalue weighted by Crippen LogP contribution is -2.60. The van der Waals surface area contributed by atoms with Crippen molar-refractivity contribution in [2.75, 3.05) is 18.5 Å². The Bertz CT molecular complexity index is 1150. The molecule has 2 amide bonds. The van der Waals surface area contributed by atoms with E-state index in [9.17, 15) is 30.0 Å². The molecule has 1 spiro atoms. The number of carbonyl (C=O) groups is 2. The number of anilines is 1. The van der Waals surface area contributed by atoms with E-state index < -0.39 is 54.9 Å². The Kier molecular flexibility index (Phi) is 5.90. The number of benzene rings is 1. The zero-order valence-electron chi connectivity index (χ0n) is 20.0. The van der Waals surface area contributed by atoms with Crippen molar-refractivity contribution in [3.63, 3.8) is 0 Å². The summed E-state index contributed by atoms with van der Waals surface area (Å²) in [5.74, 6) is -1.24. The van der Waals surface area contributed by atoms with Gasteiger partial charge in [-0.25, -0.2) is 0 Å². The van der Waals surface area contributed by atoms with Crippen molar-refractivity contribution in [3.05, 3.63) is 54.3 Å². The zero-order valence-corrected chi connectivity index (χ0v) is 20.0. The minimum absolute atomic E-state index is 0.113. The third-order valence-corrected chi connectivity index (χ3v) is 8.63. The van der Waals surface area contributed by atoms with Crippen LogP contribution in [-0.4, -0.2) is 93.3 Å².